The summed E-state index contributed by atoms with van der Waals surface area (Å²) in [5.74, 6) is -2.96. The predicted molar refractivity (Wildman–Crippen MR) is 102 cm³/mol. The summed E-state index contributed by atoms with van der Waals surface area (Å²) in [5.41, 5.74) is 1.05. The second-order valence-electron chi connectivity index (χ2n) is 7.46. The molecule has 160 valence electrons. The van der Waals surface area contributed by atoms with Gasteiger partial charge in [0.25, 0.3) is 5.92 Å². The van der Waals surface area contributed by atoms with E-state index in [0.29, 0.717) is 41.8 Å². The van der Waals surface area contributed by atoms with E-state index in [-0.39, 0.29) is 6.42 Å². The third-order valence-corrected chi connectivity index (χ3v) is 5.36. The third-order valence-electron chi connectivity index (χ3n) is 5.36. The number of aromatic amines is 1. The molecule has 1 aliphatic heterocycles. The third kappa shape index (κ3) is 4.38. The Morgan fingerprint density at radius 1 is 1.17 bits per heavy atom. The number of hydrogen-bond acceptors (Lipinski definition) is 4. The molecular weight excluding hydrogens is 405 g/mol. The van der Waals surface area contributed by atoms with Crippen LogP contribution in [0.4, 0.5) is 27.6 Å². The number of fused-ring (bicyclic) bond motifs is 1. The lowest BCUT2D eigenvalue weighted by molar-refractivity contribution is -0.137. The zero-order valence-electron chi connectivity index (χ0n) is 15.9. The highest BCUT2D eigenvalue weighted by Gasteiger charge is 2.44. The highest BCUT2D eigenvalue weighted by Crippen LogP contribution is 2.32. The molecule has 1 fully saturated rings. The van der Waals surface area contributed by atoms with Crippen molar-refractivity contribution in [2.45, 2.75) is 31.0 Å². The molecule has 10 heteroatoms. The fraction of sp³-hybridized carbons (Fsp3) is 0.400. The van der Waals surface area contributed by atoms with Gasteiger partial charge < -0.3 is 5.32 Å². The van der Waals surface area contributed by atoms with Gasteiger partial charge in [0.05, 0.1) is 29.7 Å². The number of halogens is 5. The van der Waals surface area contributed by atoms with E-state index < -0.39 is 30.2 Å². The maximum absolute atomic E-state index is 14.8. The number of H-pyrrole nitrogens is 1. The summed E-state index contributed by atoms with van der Waals surface area (Å²) in [6.07, 6.45) is -0.664. The first kappa shape index (κ1) is 20.5. The van der Waals surface area contributed by atoms with E-state index in [9.17, 15) is 22.0 Å². The summed E-state index contributed by atoms with van der Waals surface area (Å²) in [7, 11) is 0. The van der Waals surface area contributed by atoms with Crippen LogP contribution in [0.15, 0.2) is 42.7 Å². The number of likely N-dealkylation sites (tertiary alicyclic amines) is 1. The monoisotopic (exact) mass is 425 g/mol. The lowest BCUT2D eigenvalue weighted by atomic mass is 9.99. The molecule has 30 heavy (non-hydrogen) atoms. The van der Waals surface area contributed by atoms with E-state index in [1.165, 1.54) is 18.3 Å². The van der Waals surface area contributed by atoms with Crippen LogP contribution in [0.3, 0.4) is 0 Å². The number of nitrogens with zero attached hydrogens (tertiary/aromatic N) is 3. The van der Waals surface area contributed by atoms with E-state index >= 15 is 0 Å². The number of rotatable bonds is 5. The topological polar surface area (TPSA) is 56.8 Å². The maximum Gasteiger partial charge on any atom is 0.416 e. The molecule has 1 atom stereocenters. The summed E-state index contributed by atoms with van der Waals surface area (Å²) < 4.78 is 67.5. The van der Waals surface area contributed by atoms with Gasteiger partial charge >= 0.3 is 6.18 Å². The highest BCUT2D eigenvalue weighted by atomic mass is 19.4. The van der Waals surface area contributed by atoms with Gasteiger partial charge in [-0.3, -0.25) is 10.00 Å². The molecule has 0 aliphatic carbocycles. The van der Waals surface area contributed by atoms with Crippen molar-refractivity contribution in [1.29, 1.82) is 0 Å². The fourth-order valence-corrected chi connectivity index (χ4v) is 3.69. The maximum atomic E-state index is 14.8. The van der Waals surface area contributed by atoms with Gasteiger partial charge in [0.1, 0.15) is 0 Å². The molecule has 0 radical (unpaired) electrons. The molecule has 1 saturated heterocycles. The van der Waals surface area contributed by atoms with Crippen molar-refractivity contribution in [2.24, 2.45) is 0 Å². The van der Waals surface area contributed by atoms with Gasteiger partial charge in [-0.1, -0.05) is 12.1 Å². The first-order valence-electron chi connectivity index (χ1n) is 9.53. The lowest BCUT2D eigenvalue weighted by Gasteiger charge is -2.39. The van der Waals surface area contributed by atoms with Crippen LogP contribution in [0.5, 0.6) is 0 Å². The number of anilines is 1. The number of nitrogens with one attached hydrogen (secondary N) is 2. The van der Waals surface area contributed by atoms with Crippen molar-refractivity contribution >= 4 is 16.7 Å². The van der Waals surface area contributed by atoms with Crippen LogP contribution >= 0.6 is 0 Å². The standard InChI is InChI=1S/C20H20F5N5/c21-19(22)12-30(9-6-13-1-3-14(4-2-13)20(23,24)25)10-7-17(19)28-16-5-8-26-18-15(16)11-27-29-18/h1-5,8,11,17H,6-7,9-10,12H2,(H2,26,27,28,29). The molecule has 2 N–H and O–H groups in total. The SMILES string of the molecule is FC(F)(F)c1ccc(CCN2CCC(Nc3ccnc4[nH]ncc34)C(F)(F)C2)cc1. The van der Waals surface area contributed by atoms with Gasteiger partial charge in [-0.15, -0.1) is 0 Å². The van der Waals surface area contributed by atoms with Gasteiger partial charge in [0, 0.05) is 25.0 Å². The number of piperidine rings is 1. The number of aromatic nitrogens is 3. The van der Waals surface area contributed by atoms with Crippen LogP contribution in [-0.2, 0) is 12.6 Å². The molecule has 3 aromatic rings. The molecule has 0 saturated carbocycles. The van der Waals surface area contributed by atoms with E-state index in [1.54, 1.807) is 17.2 Å². The molecule has 1 unspecified atom stereocenters. The average molecular weight is 425 g/mol. The van der Waals surface area contributed by atoms with E-state index in [4.69, 9.17) is 0 Å². The summed E-state index contributed by atoms with van der Waals surface area (Å²) in [6, 6.07) is 5.45. The van der Waals surface area contributed by atoms with Crippen molar-refractivity contribution in [3.8, 4) is 0 Å². The van der Waals surface area contributed by atoms with Crippen molar-refractivity contribution in [2.75, 3.05) is 25.0 Å². The van der Waals surface area contributed by atoms with E-state index in [0.717, 1.165) is 12.1 Å². The first-order chi connectivity index (χ1) is 14.2. The van der Waals surface area contributed by atoms with Gasteiger partial charge in [-0.05, 0) is 36.6 Å². The predicted octanol–water partition coefficient (Wildman–Crippen LogP) is 4.34. The van der Waals surface area contributed by atoms with Gasteiger partial charge in [0.15, 0.2) is 5.65 Å². The summed E-state index contributed by atoms with van der Waals surface area (Å²) in [5, 5.41) is 10.2. The molecule has 1 aliphatic rings. The zero-order chi connectivity index (χ0) is 21.4. The summed E-state index contributed by atoms with van der Waals surface area (Å²) in [6.45, 7) is 0.410. The van der Waals surface area contributed by atoms with Gasteiger partial charge in [0.2, 0.25) is 0 Å². The molecule has 2 aromatic heterocycles. The molecule has 5 nitrogen and oxygen atoms in total. The molecular formula is C20H20F5N5. The highest BCUT2D eigenvalue weighted by molar-refractivity contribution is 5.88. The van der Waals surface area contributed by atoms with Crippen molar-refractivity contribution in [1.82, 2.24) is 20.1 Å². The molecule has 1 aromatic carbocycles. The Morgan fingerprint density at radius 3 is 2.63 bits per heavy atom. The second kappa shape index (κ2) is 7.82. The van der Waals surface area contributed by atoms with Crippen molar-refractivity contribution in [3.63, 3.8) is 0 Å². The molecule has 4 rings (SSSR count). The normalized spacial score (nSPS) is 19.8. The largest absolute Gasteiger partial charge is 0.416 e. The Morgan fingerprint density at radius 2 is 1.93 bits per heavy atom. The smallest absolute Gasteiger partial charge is 0.376 e. The van der Waals surface area contributed by atoms with Crippen LogP contribution in [0.25, 0.3) is 11.0 Å². The Hall–Kier alpha value is -2.75. The van der Waals surface area contributed by atoms with Crippen LogP contribution < -0.4 is 5.32 Å². The van der Waals surface area contributed by atoms with E-state index in [1.807, 2.05) is 0 Å². The molecule has 0 amide bonds. The zero-order valence-corrected chi connectivity index (χ0v) is 15.9. The van der Waals surface area contributed by atoms with Crippen LogP contribution in [0.2, 0.25) is 0 Å². The summed E-state index contributed by atoms with van der Waals surface area (Å²) in [4.78, 5) is 5.75. The minimum atomic E-state index is -4.38. The summed E-state index contributed by atoms with van der Waals surface area (Å²) >= 11 is 0. The minimum Gasteiger partial charge on any atom is -0.376 e. The molecule has 3 heterocycles. The number of pyridine rings is 1. The minimum absolute atomic E-state index is 0.238. The number of alkyl halides is 5. The van der Waals surface area contributed by atoms with E-state index in [2.05, 4.69) is 20.5 Å². The Kier molecular flexibility index (Phi) is 5.35. The van der Waals surface area contributed by atoms with Crippen molar-refractivity contribution < 1.29 is 22.0 Å². The van der Waals surface area contributed by atoms with Gasteiger partial charge in [-0.2, -0.15) is 18.3 Å². The number of hydrogen-bond donors (Lipinski definition) is 2. The Bertz CT molecular complexity index is 999. The lowest BCUT2D eigenvalue weighted by Crippen LogP contribution is -2.54. The average Bonchev–Trinajstić information content (AvgIpc) is 3.17. The van der Waals surface area contributed by atoms with Crippen LogP contribution in [0.1, 0.15) is 17.5 Å². The van der Waals surface area contributed by atoms with Crippen LogP contribution in [0, 0.1) is 0 Å². The fourth-order valence-electron chi connectivity index (χ4n) is 3.69. The van der Waals surface area contributed by atoms with Gasteiger partial charge in [-0.25, -0.2) is 13.8 Å². The Labute approximate surface area is 169 Å². The first-order valence-corrected chi connectivity index (χ1v) is 9.53. The van der Waals surface area contributed by atoms with Crippen molar-refractivity contribution in [3.05, 3.63) is 53.9 Å². The number of benzene rings is 1. The Balaban J connectivity index is 1.35. The van der Waals surface area contributed by atoms with Crippen LogP contribution in [-0.4, -0.2) is 51.7 Å². The molecule has 0 spiro atoms. The molecule has 0 bridgehead atoms. The second-order valence-corrected chi connectivity index (χ2v) is 7.46. The quantitative estimate of drug-likeness (QED) is 0.597.